The molecule has 0 bridgehead atoms. The third-order valence-electron chi connectivity index (χ3n) is 4.65. The molecule has 1 aliphatic carbocycles. The minimum atomic E-state index is 0. The van der Waals surface area contributed by atoms with Gasteiger partial charge in [0.15, 0.2) is 5.96 Å². The zero-order valence-electron chi connectivity index (χ0n) is 15.0. The van der Waals surface area contributed by atoms with E-state index >= 15 is 0 Å². The van der Waals surface area contributed by atoms with Gasteiger partial charge >= 0.3 is 0 Å². The summed E-state index contributed by atoms with van der Waals surface area (Å²) < 4.78 is 1.72. The monoisotopic (exact) mass is 466 g/mol. The van der Waals surface area contributed by atoms with E-state index in [9.17, 15) is 4.79 Å². The first-order valence-electron chi connectivity index (χ1n) is 9.07. The van der Waals surface area contributed by atoms with Crippen LogP contribution in [0.25, 0.3) is 0 Å². The summed E-state index contributed by atoms with van der Waals surface area (Å²) in [5, 5.41) is 3.26. The summed E-state index contributed by atoms with van der Waals surface area (Å²) in [4.78, 5) is 16.0. The molecule has 26 heavy (non-hydrogen) atoms. The number of fused-ring (bicyclic) bond motifs is 1. The minimum Gasteiger partial charge on any atom is -0.370 e. The minimum absolute atomic E-state index is 0. The largest absolute Gasteiger partial charge is 0.370 e. The number of nitrogens with zero attached hydrogens (tertiary/aromatic N) is 2. The molecule has 1 heterocycles. The second-order valence-corrected chi connectivity index (χ2v) is 6.48. The number of guanidine groups is 1. The SMILES string of the molecule is I.NC(=NCCCCn1ccccc1=O)Nc1cccc2c1CCCC2. The van der Waals surface area contributed by atoms with Crippen LogP contribution in [0.1, 0.15) is 36.8 Å². The van der Waals surface area contributed by atoms with Crippen molar-refractivity contribution in [1.82, 2.24) is 4.57 Å². The van der Waals surface area contributed by atoms with E-state index < -0.39 is 0 Å². The molecule has 1 aliphatic rings. The van der Waals surface area contributed by atoms with Gasteiger partial charge in [0.2, 0.25) is 5.56 Å². The number of aromatic nitrogens is 1. The van der Waals surface area contributed by atoms with Gasteiger partial charge in [-0.3, -0.25) is 9.79 Å². The molecule has 0 aliphatic heterocycles. The van der Waals surface area contributed by atoms with Gasteiger partial charge in [-0.25, -0.2) is 0 Å². The Kier molecular flexibility index (Phi) is 8.15. The fourth-order valence-electron chi connectivity index (χ4n) is 3.31. The van der Waals surface area contributed by atoms with Gasteiger partial charge < -0.3 is 15.6 Å². The van der Waals surface area contributed by atoms with Crippen molar-refractivity contribution in [3.63, 3.8) is 0 Å². The Labute approximate surface area is 171 Å². The molecule has 0 radical (unpaired) electrons. The lowest BCUT2D eigenvalue weighted by atomic mass is 9.90. The van der Waals surface area contributed by atoms with Crippen LogP contribution in [0.3, 0.4) is 0 Å². The van der Waals surface area contributed by atoms with Crippen molar-refractivity contribution in [1.29, 1.82) is 0 Å². The Morgan fingerprint density at radius 2 is 1.96 bits per heavy atom. The van der Waals surface area contributed by atoms with Gasteiger partial charge in [-0.1, -0.05) is 18.2 Å². The predicted molar refractivity (Wildman–Crippen MR) is 119 cm³/mol. The molecule has 140 valence electrons. The van der Waals surface area contributed by atoms with Crippen molar-refractivity contribution in [2.45, 2.75) is 45.1 Å². The number of halogens is 1. The first kappa shape index (κ1) is 20.5. The standard InChI is InChI=1S/C20H26N4O.HI/c21-20(22-13-4-6-15-24-14-5-3-12-19(24)25)23-18-11-7-9-16-8-1-2-10-17(16)18;/h3,5,7,9,11-12,14H,1-2,4,6,8,10,13,15H2,(H3,21,22,23);1H. The molecule has 0 amide bonds. The normalized spacial score (nSPS) is 13.6. The maximum atomic E-state index is 11.6. The van der Waals surface area contributed by atoms with Crippen LogP contribution in [0.4, 0.5) is 5.69 Å². The van der Waals surface area contributed by atoms with Crippen LogP contribution in [-0.4, -0.2) is 17.1 Å². The number of benzene rings is 1. The second-order valence-electron chi connectivity index (χ2n) is 6.48. The van der Waals surface area contributed by atoms with Crippen molar-refractivity contribution in [2.24, 2.45) is 10.7 Å². The van der Waals surface area contributed by atoms with E-state index in [2.05, 4.69) is 28.5 Å². The first-order chi connectivity index (χ1) is 12.2. The predicted octanol–water partition coefficient (Wildman–Crippen LogP) is 3.55. The summed E-state index contributed by atoms with van der Waals surface area (Å²) in [5.74, 6) is 0.468. The molecule has 3 rings (SSSR count). The van der Waals surface area contributed by atoms with Crippen molar-refractivity contribution in [2.75, 3.05) is 11.9 Å². The van der Waals surface area contributed by atoms with Gasteiger partial charge in [0, 0.05) is 31.0 Å². The van der Waals surface area contributed by atoms with Crippen LogP contribution in [0.2, 0.25) is 0 Å². The lowest BCUT2D eigenvalue weighted by Crippen LogP contribution is -2.24. The van der Waals surface area contributed by atoms with Crippen LogP contribution in [0.15, 0.2) is 52.4 Å². The Morgan fingerprint density at radius 3 is 2.81 bits per heavy atom. The lowest BCUT2D eigenvalue weighted by Gasteiger charge is -2.19. The molecule has 0 atom stereocenters. The topological polar surface area (TPSA) is 72.4 Å². The molecular weight excluding hydrogens is 439 g/mol. The maximum absolute atomic E-state index is 11.6. The van der Waals surface area contributed by atoms with Crippen molar-refractivity contribution >= 4 is 35.6 Å². The fourth-order valence-corrected chi connectivity index (χ4v) is 3.31. The van der Waals surface area contributed by atoms with E-state index in [0.29, 0.717) is 19.0 Å². The Hall–Kier alpha value is -1.83. The summed E-state index contributed by atoms with van der Waals surface area (Å²) in [6, 6.07) is 11.6. The molecule has 1 aromatic carbocycles. The number of rotatable bonds is 6. The molecule has 3 N–H and O–H groups in total. The average Bonchev–Trinajstić information content (AvgIpc) is 2.63. The number of nitrogens with two attached hydrogens (primary N) is 1. The molecule has 0 spiro atoms. The highest BCUT2D eigenvalue weighted by atomic mass is 127. The number of aliphatic imine (C=N–C) groups is 1. The van der Waals surface area contributed by atoms with E-state index in [1.165, 1.54) is 24.0 Å². The fraction of sp³-hybridized carbons (Fsp3) is 0.400. The van der Waals surface area contributed by atoms with Crippen molar-refractivity contribution < 1.29 is 0 Å². The van der Waals surface area contributed by atoms with E-state index in [0.717, 1.165) is 31.4 Å². The summed E-state index contributed by atoms with van der Waals surface area (Å²) in [6.45, 7) is 1.38. The van der Waals surface area contributed by atoms with Crippen LogP contribution in [0.5, 0.6) is 0 Å². The van der Waals surface area contributed by atoms with Crippen LogP contribution >= 0.6 is 24.0 Å². The van der Waals surface area contributed by atoms with Gasteiger partial charge in [-0.2, -0.15) is 0 Å². The van der Waals surface area contributed by atoms with Crippen LogP contribution < -0.4 is 16.6 Å². The summed E-state index contributed by atoms with van der Waals surface area (Å²) in [6.07, 6.45) is 8.39. The first-order valence-corrected chi connectivity index (χ1v) is 9.07. The third-order valence-corrected chi connectivity index (χ3v) is 4.65. The second kappa shape index (κ2) is 10.4. The van der Waals surface area contributed by atoms with E-state index in [1.807, 2.05) is 12.3 Å². The van der Waals surface area contributed by atoms with Crippen molar-refractivity contribution in [3.05, 3.63) is 64.1 Å². The molecule has 1 aromatic heterocycles. The smallest absolute Gasteiger partial charge is 0.250 e. The number of hydrogen-bond donors (Lipinski definition) is 2. The van der Waals surface area contributed by atoms with Gasteiger partial charge in [0.05, 0.1) is 0 Å². The number of nitrogens with one attached hydrogen (secondary N) is 1. The molecule has 0 saturated heterocycles. The number of aryl methyl sites for hydroxylation is 2. The lowest BCUT2D eigenvalue weighted by molar-refractivity contribution is 0.599. The molecule has 0 unspecified atom stereocenters. The van der Waals surface area contributed by atoms with Crippen molar-refractivity contribution in [3.8, 4) is 0 Å². The number of hydrogen-bond acceptors (Lipinski definition) is 2. The van der Waals surface area contributed by atoms with Gasteiger partial charge in [0.25, 0.3) is 0 Å². The Bertz CT molecular complexity index is 800. The molecule has 5 nitrogen and oxygen atoms in total. The van der Waals surface area contributed by atoms with E-state index in [4.69, 9.17) is 5.73 Å². The highest BCUT2D eigenvalue weighted by Crippen LogP contribution is 2.27. The molecule has 2 aromatic rings. The van der Waals surface area contributed by atoms with E-state index in [1.54, 1.807) is 16.7 Å². The number of unbranched alkanes of at least 4 members (excludes halogenated alkanes) is 1. The molecule has 0 saturated carbocycles. The van der Waals surface area contributed by atoms with Crippen LogP contribution in [0, 0.1) is 0 Å². The number of anilines is 1. The molecule has 0 fully saturated rings. The van der Waals surface area contributed by atoms with Gasteiger partial charge in [0.1, 0.15) is 0 Å². The third kappa shape index (κ3) is 5.59. The Morgan fingerprint density at radius 1 is 1.12 bits per heavy atom. The van der Waals surface area contributed by atoms with Gasteiger partial charge in [-0.05, 0) is 61.8 Å². The highest BCUT2D eigenvalue weighted by molar-refractivity contribution is 14.0. The van der Waals surface area contributed by atoms with Crippen LogP contribution in [-0.2, 0) is 19.4 Å². The zero-order valence-corrected chi connectivity index (χ0v) is 17.3. The average molecular weight is 466 g/mol. The van der Waals surface area contributed by atoms with E-state index in [-0.39, 0.29) is 29.5 Å². The quantitative estimate of drug-likeness (QED) is 0.296. The number of pyridine rings is 1. The zero-order chi connectivity index (χ0) is 17.5. The summed E-state index contributed by atoms with van der Waals surface area (Å²) in [5.41, 5.74) is 9.99. The summed E-state index contributed by atoms with van der Waals surface area (Å²) in [7, 11) is 0. The molecular formula is C20H27IN4O. The maximum Gasteiger partial charge on any atom is 0.250 e. The van der Waals surface area contributed by atoms with Gasteiger partial charge in [-0.15, -0.1) is 24.0 Å². The molecule has 6 heteroatoms. The Balaban J connectivity index is 0.00000243. The highest BCUT2D eigenvalue weighted by Gasteiger charge is 2.12. The summed E-state index contributed by atoms with van der Waals surface area (Å²) >= 11 is 0.